The first-order chi connectivity index (χ1) is 8.63. The van der Waals surface area contributed by atoms with Gasteiger partial charge in [-0.15, -0.1) is 0 Å². The van der Waals surface area contributed by atoms with Gasteiger partial charge in [-0.05, 0) is 13.3 Å². The van der Waals surface area contributed by atoms with Crippen molar-refractivity contribution in [2.75, 3.05) is 6.61 Å². The Bertz CT molecular complexity index is 389. The van der Waals surface area contributed by atoms with Gasteiger partial charge in [0.05, 0.1) is 6.61 Å². The topological polar surface area (TPSA) is 66.4 Å². The molecular formula is C14H19NO3. The SMILES string of the molecule is CC(CO)NC(=O)CCCC(=O)c1ccccc1. The van der Waals surface area contributed by atoms with Crippen LogP contribution in [0.2, 0.25) is 0 Å². The summed E-state index contributed by atoms with van der Waals surface area (Å²) in [6.45, 7) is 1.65. The number of benzene rings is 1. The van der Waals surface area contributed by atoms with Crippen LogP contribution in [-0.4, -0.2) is 29.4 Å². The summed E-state index contributed by atoms with van der Waals surface area (Å²) in [5, 5.41) is 11.4. The first-order valence-electron chi connectivity index (χ1n) is 6.12. The summed E-state index contributed by atoms with van der Waals surface area (Å²) in [7, 11) is 0. The van der Waals surface area contributed by atoms with Crippen molar-refractivity contribution in [1.29, 1.82) is 0 Å². The van der Waals surface area contributed by atoms with Gasteiger partial charge in [0.2, 0.25) is 5.91 Å². The molecule has 0 saturated carbocycles. The molecule has 1 aromatic rings. The highest BCUT2D eigenvalue weighted by Gasteiger charge is 2.08. The fourth-order valence-electron chi connectivity index (χ4n) is 1.57. The van der Waals surface area contributed by atoms with E-state index < -0.39 is 0 Å². The molecule has 0 aromatic heterocycles. The fraction of sp³-hybridized carbons (Fsp3) is 0.429. The molecule has 0 saturated heterocycles. The summed E-state index contributed by atoms with van der Waals surface area (Å²) < 4.78 is 0. The Labute approximate surface area is 107 Å². The van der Waals surface area contributed by atoms with E-state index in [0.29, 0.717) is 24.8 Å². The van der Waals surface area contributed by atoms with Crippen LogP contribution in [0.3, 0.4) is 0 Å². The molecule has 0 aliphatic heterocycles. The van der Waals surface area contributed by atoms with E-state index in [1.165, 1.54) is 0 Å². The van der Waals surface area contributed by atoms with Crippen molar-refractivity contribution >= 4 is 11.7 Å². The normalized spacial score (nSPS) is 11.9. The first kappa shape index (κ1) is 14.4. The van der Waals surface area contributed by atoms with Gasteiger partial charge < -0.3 is 10.4 Å². The molecular weight excluding hydrogens is 230 g/mol. The molecule has 4 heteroatoms. The predicted molar refractivity (Wildman–Crippen MR) is 69.3 cm³/mol. The number of hydrogen-bond donors (Lipinski definition) is 2. The van der Waals surface area contributed by atoms with Gasteiger partial charge >= 0.3 is 0 Å². The standard InChI is InChI=1S/C14H19NO3/c1-11(10-16)15-14(18)9-5-8-13(17)12-6-3-2-4-7-12/h2-4,6-7,11,16H,5,8-10H2,1H3,(H,15,18). The quantitative estimate of drug-likeness (QED) is 0.720. The third-order valence-corrected chi connectivity index (χ3v) is 2.58. The van der Waals surface area contributed by atoms with E-state index in [2.05, 4.69) is 5.32 Å². The molecule has 0 heterocycles. The van der Waals surface area contributed by atoms with Gasteiger partial charge in [0, 0.05) is 24.4 Å². The highest BCUT2D eigenvalue weighted by molar-refractivity contribution is 5.96. The van der Waals surface area contributed by atoms with Crippen LogP contribution in [0.1, 0.15) is 36.5 Å². The minimum Gasteiger partial charge on any atom is -0.394 e. The van der Waals surface area contributed by atoms with Crippen molar-refractivity contribution in [3.63, 3.8) is 0 Å². The molecule has 1 unspecified atom stereocenters. The van der Waals surface area contributed by atoms with Crippen LogP contribution in [-0.2, 0) is 4.79 Å². The molecule has 2 N–H and O–H groups in total. The predicted octanol–water partition coefficient (Wildman–Crippen LogP) is 1.54. The number of ketones is 1. The molecule has 1 aromatic carbocycles. The number of Topliss-reactive ketones (excluding diaryl/α,β-unsaturated/α-hetero) is 1. The third kappa shape index (κ3) is 5.10. The number of hydrogen-bond acceptors (Lipinski definition) is 3. The number of aliphatic hydroxyl groups excluding tert-OH is 1. The Kier molecular flexibility index (Phi) is 6.08. The summed E-state index contributed by atoms with van der Waals surface area (Å²) in [4.78, 5) is 23.1. The molecule has 0 fully saturated rings. The molecule has 1 atom stereocenters. The van der Waals surface area contributed by atoms with E-state index in [9.17, 15) is 9.59 Å². The van der Waals surface area contributed by atoms with Gasteiger partial charge in [0.1, 0.15) is 0 Å². The molecule has 0 bridgehead atoms. The number of rotatable bonds is 7. The van der Waals surface area contributed by atoms with E-state index >= 15 is 0 Å². The van der Waals surface area contributed by atoms with Gasteiger partial charge in [-0.1, -0.05) is 30.3 Å². The molecule has 0 spiro atoms. The Balaban J connectivity index is 2.26. The molecule has 0 aliphatic carbocycles. The number of carbonyl (C=O) groups is 2. The molecule has 1 amide bonds. The minimum atomic E-state index is -0.234. The summed E-state index contributed by atoms with van der Waals surface area (Å²) in [6, 6.07) is 8.82. The van der Waals surface area contributed by atoms with Crippen LogP contribution in [0.15, 0.2) is 30.3 Å². The highest BCUT2D eigenvalue weighted by Crippen LogP contribution is 2.06. The van der Waals surface area contributed by atoms with E-state index in [1.807, 2.05) is 18.2 Å². The van der Waals surface area contributed by atoms with E-state index in [-0.39, 0.29) is 24.3 Å². The lowest BCUT2D eigenvalue weighted by molar-refractivity contribution is -0.122. The number of amides is 1. The van der Waals surface area contributed by atoms with Gasteiger partial charge in [0.25, 0.3) is 0 Å². The van der Waals surface area contributed by atoms with Crippen molar-refractivity contribution in [3.8, 4) is 0 Å². The Morgan fingerprint density at radius 2 is 1.89 bits per heavy atom. The van der Waals surface area contributed by atoms with E-state index in [0.717, 1.165) is 0 Å². The molecule has 4 nitrogen and oxygen atoms in total. The largest absolute Gasteiger partial charge is 0.394 e. The van der Waals surface area contributed by atoms with Gasteiger partial charge in [-0.3, -0.25) is 9.59 Å². The first-order valence-corrected chi connectivity index (χ1v) is 6.12. The lowest BCUT2D eigenvalue weighted by Gasteiger charge is -2.10. The fourth-order valence-corrected chi connectivity index (χ4v) is 1.57. The summed E-state index contributed by atoms with van der Waals surface area (Å²) in [6.07, 6.45) is 1.20. The summed E-state index contributed by atoms with van der Waals surface area (Å²) >= 11 is 0. The monoisotopic (exact) mass is 249 g/mol. The zero-order valence-electron chi connectivity index (χ0n) is 10.6. The Morgan fingerprint density at radius 3 is 2.50 bits per heavy atom. The number of aliphatic hydroxyl groups is 1. The molecule has 0 radical (unpaired) electrons. The molecule has 0 aliphatic rings. The maximum atomic E-state index is 11.7. The van der Waals surface area contributed by atoms with E-state index in [1.54, 1.807) is 19.1 Å². The maximum absolute atomic E-state index is 11.7. The van der Waals surface area contributed by atoms with Crippen LogP contribution in [0.25, 0.3) is 0 Å². The van der Waals surface area contributed by atoms with Crippen molar-refractivity contribution in [2.24, 2.45) is 0 Å². The number of nitrogens with one attached hydrogen (secondary N) is 1. The second-order valence-electron chi connectivity index (χ2n) is 4.29. The van der Waals surface area contributed by atoms with E-state index in [4.69, 9.17) is 5.11 Å². The van der Waals surface area contributed by atoms with Crippen LogP contribution in [0.4, 0.5) is 0 Å². The van der Waals surface area contributed by atoms with Crippen molar-refractivity contribution in [3.05, 3.63) is 35.9 Å². The van der Waals surface area contributed by atoms with Crippen LogP contribution >= 0.6 is 0 Å². The number of carbonyl (C=O) groups excluding carboxylic acids is 2. The molecule has 18 heavy (non-hydrogen) atoms. The van der Waals surface area contributed by atoms with Crippen molar-refractivity contribution in [2.45, 2.75) is 32.2 Å². The lowest BCUT2D eigenvalue weighted by Crippen LogP contribution is -2.34. The van der Waals surface area contributed by atoms with Gasteiger partial charge in [-0.25, -0.2) is 0 Å². The van der Waals surface area contributed by atoms with Crippen molar-refractivity contribution < 1.29 is 14.7 Å². The van der Waals surface area contributed by atoms with Crippen LogP contribution in [0.5, 0.6) is 0 Å². The second-order valence-corrected chi connectivity index (χ2v) is 4.29. The summed E-state index contributed by atoms with van der Waals surface area (Å²) in [5.41, 5.74) is 0.682. The smallest absolute Gasteiger partial charge is 0.220 e. The van der Waals surface area contributed by atoms with Crippen molar-refractivity contribution in [1.82, 2.24) is 5.32 Å². The summed E-state index contributed by atoms with van der Waals surface area (Å²) in [5.74, 6) is -0.0731. The Hall–Kier alpha value is -1.68. The molecule has 98 valence electrons. The van der Waals surface area contributed by atoms with Gasteiger partial charge in [0.15, 0.2) is 5.78 Å². The second kappa shape index (κ2) is 7.61. The minimum absolute atomic E-state index is 0.0543. The molecule has 1 rings (SSSR count). The Morgan fingerprint density at radius 1 is 1.22 bits per heavy atom. The average molecular weight is 249 g/mol. The third-order valence-electron chi connectivity index (χ3n) is 2.58. The van der Waals surface area contributed by atoms with Crippen LogP contribution in [0, 0.1) is 0 Å². The zero-order chi connectivity index (χ0) is 13.4. The lowest BCUT2D eigenvalue weighted by atomic mass is 10.1. The van der Waals surface area contributed by atoms with Gasteiger partial charge in [-0.2, -0.15) is 0 Å². The highest BCUT2D eigenvalue weighted by atomic mass is 16.3. The average Bonchev–Trinajstić information content (AvgIpc) is 2.39. The van der Waals surface area contributed by atoms with Crippen LogP contribution < -0.4 is 5.32 Å². The maximum Gasteiger partial charge on any atom is 0.220 e. The zero-order valence-corrected chi connectivity index (χ0v) is 10.6.